The number of imide groups is 1. The number of benzene rings is 2. The zero-order chi connectivity index (χ0) is 18.5. The van der Waals surface area contributed by atoms with Crippen LogP contribution in [0.3, 0.4) is 0 Å². The molecule has 0 saturated carbocycles. The van der Waals surface area contributed by atoms with E-state index in [0.29, 0.717) is 0 Å². The number of carbonyl (C=O) groups is 3. The van der Waals surface area contributed by atoms with Crippen LogP contribution in [0.1, 0.15) is 11.1 Å². The minimum absolute atomic E-state index is 0.0139. The number of amides is 3. The van der Waals surface area contributed by atoms with Crippen molar-refractivity contribution in [3.8, 4) is 0 Å². The van der Waals surface area contributed by atoms with Crippen molar-refractivity contribution in [2.24, 2.45) is 11.1 Å². The normalized spacial score (nSPS) is 18.4. The van der Waals surface area contributed by atoms with Crippen LogP contribution in [0.25, 0.3) is 0 Å². The Labute approximate surface area is 149 Å². The number of hydrogen-bond acceptors (Lipinski definition) is 5. The lowest BCUT2D eigenvalue weighted by molar-refractivity contribution is -0.141. The van der Waals surface area contributed by atoms with E-state index in [1.54, 1.807) is 24.3 Å². The first kappa shape index (κ1) is 17.3. The molecule has 7 heteroatoms. The number of oxime groups is 1. The number of carbonyl (C=O) groups excluding carboxylic acids is 3. The highest BCUT2D eigenvalue weighted by Crippen LogP contribution is 2.20. The van der Waals surface area contributed by atoms with Gasteiger partial charge in [-0.2, -0.15) is 0 Å². The zero-order valence-corrected chi connectivity index (χ0v) is 13.8. The maximum absolute atomic E-state index is 12.6. The minimum Gasteiger partial charge on any atom is -0.410 e. The number of likely N-dealkylation sites (tertiary alicyclic amines) is 1. The third-order valence-corrected chi connectivity index (χ3v) is 4.11. The third kappa shape index (κ3) is 3.46. The Hall–Kier alpha value is -3.48. The van der Waals surface area contributed by atoms with Gasteiger partial charge in [0.1, 0.15) is 0 Å². The molecule has 2 aromatic rings. The summed E-state index contributed by atoms with van der Waals surface area (Å²) in [6, 6.07) is 18.1. The van der Waals surface area contributed by atoms with Crippen LogP contribution in [0.15, 0.2) is 65.8 Å². The van der Waals surface area contributed by atoms with Gasteiger partial charge in [-0.25, -0.2) is 0 Å². The van der Waals surface area contributed by atoms with Gasteiger partial charge in [-0.15, -0.1) is 0 Å². The molecule has 2 N–H and O–H groups in total. The van der Waals surface area contributed by atoms with Gasteiger partial charge in [0.05, 0.1) is 6.54 Å². The number of nitrogens with one attached hydrogen (secondary N) is 1. The maximum Gasteiger partial charge on any atom is 0.279 e. The Morgan fingerprint density at radius 3 is 2.15 bits per heavy atom. The van der Waals surface area contributed by atoms with E-state index < -0.39 is 29.4 Å². The number of hydrogen-bond donors (Lipinski definition) is 2. The van der Waals surface area contributed by atoms with Gasteiger partial charge in [-0.3, -0.25) is 19.3 Å². The second-order valence-corrected chi connectivity index (χ2v) is 5.84. The molecular formula is C19H17N3O4. The van der Waals surface area contributed by atoms with Crippen molar-refractivity contribution in [1.82, 2.24) is 10.2 Å². The first-order valence-corrected chi connectivity index (χ1v) is 8.05. The van der Waals surface area contributed by atoms with Crippen molar-refractivity contribution in [2.75, 3.05) is 0 Å². The van der Waals surface area contributed by atoms with Crippen molar-refractivity contribution in [2.45, 2.75) is 13.1 Å². The highest BCUT2D eigenvalue weighted by atomic mass is 16.4. The first-order valence-electron chi connectivity index (χ1n) is 8.05. The molecule has 3 rings (SSSR count). The second kappa shape index (κ2) is 7.60. The summed E-state index contributed by atoms with van der Waals surface area (Å²) in [7, 11) is 0. The highest BCUT2D eigenvalue weighted by Gasteiger charge is 2.49. The van der Waals surface area contributed by atoms with E-state index in [9.17, 15) is 14.4 Å². The molecule has 1 heterocycles. The summed E-state index contributed by atoms with van der Waals surface area (Å²) in [5, 5.41) is 14.7. The zero-order valence-electron chi connectivity index (χ0n) is 13.8. The van der Waals surface area contributed by atoms with Crippen LogP contribution in [0.2, 0.25) is 0 Å². The van der Waals surface area contributed by atoms with Crippen LogP contribution in [0.4, 0.5) is 0 Å². The van der Waals surface area contributed by atoms with E-state index in [1.807, 2.05) is 36.4 Å². The average molecular weight is 351 g/mol. The quantitative estimate of drug-likeness (QED) is 0.367. The molecule has 1 aliphatic heterocycles. The van der Waals surface area contributed by atoms with Crippen molar-refractivity contribution in [3.63, 3.8) is 0 Å². The van der Waals surface area contributed by atoms with Gasteiger partial charge in [0.15, 0.2) is 11.6 Å². The fraction of sp³-hybridized carbons (Fsp3) is 0.158. The van der Waals surface area contributed by atoms with E-state index in [1.165, 1.54) is 0 Å². The summed E-state index contributed by atoms with van der Waals surface area (Å²) in [6.07, 6.45) is 0. The van der Waals surface area contributed by atoms with Crippen LogP contribution < -0.4 is 5.32 Å². The Balaban J connectivity index is 1.74. The molecule has 1 aliphatic rings. The summed E-state index contributed by atoms with van der Waals surface area (Å²) >= 11 is 0. The van der Waals surface area contributed by atoms with E-state index in [0.717, 1.165) is 16.0 Å². The molecule has 0 radical (unpaired) electrons. The summed E-state index contributed by atoms with van der Waals surface area (Å²) < 4.78 is 0. The summed E-state index contributed by atoms with van der Waals surface area (Å²) in [5.74, 6) is -3.58. The van der Waals surface area contributed by atoms with Crippen LogP contribution in [0.5, 0.6) is 0 Å². The Kier molecular flexibility index (Phi) is 5.07. The van der Waals surface area contributed by atoms with Crippen LogP contribution in [0, 0.1) is 5.92 Å². The maximum atomic E-state index is 12.6. The van der Waals surface area contributed by atoms with Crippen LogP contribution in [-0.4, -0.2) is 33.5 Å². The number of nitrogens with zero attached hydrogens (tertiary/aromatic N) is 2. The lowest BCUT2D eigenvalue weighted by Crippen LogP contribution is -2.38. The molecule has 1 saturated heterocycles. The smallest absolute Gasteiger partial charge is 0.279 e. The molecule has 2 aromatic carbocycles. The van der Waals surface area contributed by atoms with Crippen molar-refractivity contribution < 1.29 is 19.6 Å². The van der Waals surface area contributed by atoms with Crippen molar-refractivity contribution in [1.29, 1.82) is 0 Å². The van der Waals surface area contributed by atoms with Crippen LogP contribution in [-0.2, 0) is 27.5 Å². The lowest BCUT2D eigenvalue weighted by Gasteiger charge is -2.14. The van der Waals surface area contributed by atoms with Gasteiger partial charge < -0.3 is 10.5 Å². The molecule has 7 nitrogen and oxygen atoms in total. The fourth-order valence-corrected chi connectivity index (χ4v) is 2.77. The predicted octanol–water partition coefficient (Wildman–Crippen LogP) is 1.32. The van der Waals surface area contributed by atoms with E-state index >= 15 is 0 Å². The second-order valence-electron chi connectivity index (χ2n) is 5.84. The average Bonchev–Trinajstić information content (AvgIpc) is 2.92. The van der Waals surface area contributed by atoms with E-state index in [-0.39, 0.29) is 13.1 Å². The molecule has 132 valence electrons. The van der Waals surface area contributed by atoms with E-state index in [4.69, 9.17) is 5.21 Å². The van der Waals surface area contributed by atoms with Gasteiger partial charge in [0.25, 0.3) is 5.91 Å². The molecular weight excluding hydrogens is 334 g/mol. The molecule has 1 fully saturated rings. The fourth-order valence-electron chi connectivity index (χ4n) is 2.77. The molecule has 0 aromatic heterocycles. The minimum atomic E-state index is -1.44. The van der Waals surface area contributed by atoms with Gasteiger partial charge in [0.2, 0.25) is 11.8 Å². The monoisotopic (exact) mass is 351 g/mol. The molecule has 0 spiro atoms. The lowest BCUT2D eigenvalue weighted by atomic mass is 10.1. The Morgan fingerprint density at radius 2 is 1.58 bits per heavy atom. The summed E-state index contributed by atoms with van der Waals surface area (Å²) in [6.45, 7) is 0.217. The Bertz CT molecular complexity index is 850. The summed E-state index contributed by atoms with van der Waals surface area (Å²) in [5.41, 5.74) is 1.12. The van der Waals surface area contributed by atoms with Gasteiger partial charge >= 0.3 is 0 Å². The third-order valence-electron chi connectivity index (χ3n) is 4.11. The Morgan fingerprint density at radius 1 is 1.00 bits per heavy atom. The molecule has 0 bridgehead atoms. The largest absolute Gasteiger partial charge is 0.410 e. The predicted molar refractivity (Wildman–Crippen MR) is 93.0 cm³/mol. The van der Waals surface area contributed by atoms with Gasteiger partial charge in [0, 0.05) is 6.54 Å². The molecule has 26 heavy (non-hydrogen) atoms. The highest BCUT2D eigenvalue weighted by molar-refractivity contribution is 6.54. The standard InChI is InChI=1S/C19H17N3O4/c23-17(20-11-13-7-3-1-4-8-13)15-16(21-26)19(25)22(18(15)24)12-14-9-5-2-6-10-14/h1-10,15,26H,11-12H2,(H,20,23)/b21-16-/t15-/m1/s1. The topological polar surface area (TPSA) is 99.1 Å². The van der Waals surface area contributed by atoms with Crippen LogP contribution >= 0.6 is 0 Å². The molecule has 1 atom stereocenters. The molecule has 3 amide bonds. The first-order chi connectivity index (χ1) is 12.6. The van der Waals surface area contributed by atoms with Crippen molar-refractivity contribution in [3.05, 3.63) is 71.8 Å². The summed E-state index contributed by atoms with van der Waals surface area (Å²) in [4.78, 5) is 38.3. The van der Waals surface area contributed by atoms with Gasteiger partial charge in [-0.1, -0.05) is 65.8 Å². The van der Waals surface area contributed by atoms with Gasteiger partial charge in [-0.05, 0) is 11.1 Å². The SMILES string of the molecule is O=C(NCc1ccccc1)[C@@H]1C(=O)N(Cc2ccccc2)C(=O)/C1=N\O. The number of rotatable bonds is 5. The van der Waals surface area contributed by atoms with E-state index in [2.05, 4.69) is 10.5 Å². The molecule has 0 unspecified atom stereocenters. The molecule has 0 aliphatic carbocycles. The van der Waals surface area contributed by atoms with Crippen molar-refractivity contribution >= 4 is 23.4 Å².